The molecule has 0 saturated heterocycles. The Morgan fingerprint density at radius 3 is 2.82 bits per heavy atom. The summed E-state index contributed by atoms with van der Waals surface area (Å²) < 4.78 is 24.9. The summed E-state index contributed by atoms with van der Waals surface area (Å²) in [5.41, 5.74) is 2.03. The lowest BCUT2D eigenvalue weighted by atomic mass is 10.1. The molecule has 1 atom stereocenters. The van der Waals surface area contributed by atoms with Gasteiger partial charge in [-0.25, -0.2) is 14.2 Å². The number of aryl methyl sites for hydroxylation is 2. The maximum Gasteiger partial charge on any atom is 0.326 e. The number of nitrogens with zero attached hydrogens (tertiary/aromatic N) is 2. The Morgan fingerprint density at radius 2 is 2.05 bits per heavy atom. The number of methoxy groups -OCH3 is 1. The number of carbonyl (C=O) groups is 2. The molecule has 1 aliphatic rings. The van der Waals surface area contributed by atoms with E-state index in [1.54, 1.807) is 0 Å². The molecule has 1 aliphatic heterocycles. The average Bonchev–Trinajstić information content (AvgIpc) is 2.92. The van der Waals surface area contributed by atoms with Crippen LogP contribution >= 0.6 is 0 Å². The fraction of sp³-hybridized carbons (Fsp3) is 0.536. The molecule has 0 spiro atoms. The van der Waals surface area contributed by atoms with Gasteiger partial charge in [-0.05, 0) is 75.8 Å². The van der Waals surface area contributed by atoms with Crippen molar-refractivity contribution >= 4 is 17.7 Å². The van der Waals surface area contributed by atoms with Crippen LogP contribution in [0, 0.1) is 5.82 Å². The molecule has 2 aromatic rings. The molecule has 10 heteroatoms. The molecule has 0 saturated carbocycles. The lowest BCUT2D eigenvalue weighted by Crippen LogP contribution is -2.44. The molecule has 0 fully saturated rings. The quantitative estimate of drug-likeness (QED) is 0.283. The fourth-order valence-electron chi connectivity index (χ4n) is 4.52. The minimum absolute atomic E-state index is 0.0502. The van der Waals surface area contributed by atoms with Crippen LogP contribution in [0.2, 0.25) is 0 Å². The third-order valence-corrected chi connectivity index (χ3v) is 6.62. The van der Waals surface area contributed by atoms with Gasteiger partial charge in [-0.1, -0.05) is 12.1 Å². The van der Waals surface area contributed by atoms with Crippen molar-refractivity contribution in [1.29, 1.82) is 0 Å². The van der Waals surface area contributed by atoms with Gasteiger partial charge in [-0.2, -0.15) is 0 Å². The Balaban J connectivity index is 1.53. The number of amides is 1. The van der Waals surface area contributed by atoms with Crippen molar-refractivity contribution in [2.24, 2.45) is 0 Å². The maximum absolute atomic E-state index is 14.3. The third-order valence-electron chi connectivity index (χ3n) is 6.62. The SMILES string of the molecule is CCOCCN(CCCCc1ccc2c(n1)NCCC2)CCC(NC(=O)c1c(F)cccc1OC)C(=O)O. The normalized spacial score (nSPS) is 13.5. The van der Waals surface area contributed by atoms with Gasteiger partial charge < -0.3 is 30.1 Å². The number of carbonyl (C=O) groups excluding carboxylic acids is 1. The summed E-state index contributed by atoms with van der Waals surface area (Å²) in [6.07, 6.45) is 5.10. The van der Waals surface area contributed by atoms with E-state index in [4.69, 9.17) is 14.5 Å². The molecule has 3 N–H and O–H groups in total. The van der Waals surface area contributed by atoms with Crippen LogP contribution in [0.3, 0.4) is 0 Å². The fourth-order valence-corrected chi connectivity index (χ4v) is 4.52. The Morgan fingerprint density at radius 1 is 1.21 bits per heavy atom. The minimum atomic E-state index is -1.18. The van der Waals surface area contributed by atoms with Crippen LogP contribution in [0.1, 0.15) is 54.2 Å². The Labute approximate surface area is 223 Å². The van der Waals surface area contributed by atoms with Gasteiger partial charge in [0.1, 0.15) is 29.0 Å². The first-order valence-corrected chi connectivity index (χ1v) is 13.3. The number of pyridine rings is 1. The molecular formula is C28H39FN4O5. The number of hydrogen-bond acceptors (Lipinski definition) is 7. The van der Waals surface area contributed by atoms with Gasteiger partial charge in [-0.15, -0.1) is 0 Å². The van der Waals surface area contributed by atoms with Crippen LogP contribution in [-0.2, 0) is 22.4 Å². The second-order valence-electron chi connectivity index (χ2n) is 9.31. The number of benzene rings is 1. The van der Waals surface area contributed by atoms with Crippen LogP contribution in [-0.4, -0.2) is 79.4 Å². The van der Waals surface area contributed by atoms with Gasteiger partial charge in [0.15, 0.2) is 0 Å². The topological polar surface area (TPSA) is 113 Å². The van der Waals surface area contributed by atoms with Gasteiger partial charge in [0.2, 0.25) is 0 Å². The Bertz CT molecular complexity index is 1070. The molecule has 3 rings (SSSR count). The molecule has 1 amide bonds. The van der Waals surface area contributed by atoms with Crippen LogP contribution < -0.4 is 15.4 Å². The summed E-state index contributed by atoms with van der Waals surface area (Å²) in [6, 6.07) is 7.11. The van der Waals surface area contributed by atoms with E-state index in [1.165, 1.54) is 24.8 Å². The molecule has 208 valence electrons. The van der Waals surface area contributed by atoms with Gasteiger partial charge >= 0.3 is 5.97 Å². The largest absolute Gasteiger partial charge is 0.496 e. The zero-order valence-electron chi connectivity index (χ0n) is 22.3. The highest BCUT2D eigenvalue weighted by Crippen LogP contribution is 2.22. The van der Waals surface area contributed by atoms with Crippen LogP contribution in [0.25, 0.3) is 0 Å². The molecule has 1 unspecified atom stereocenters. The van der Waals surface area contributed by atoms with E-state index < -0.39 is 23.7 Å². The summed E-state index contributed by atoms with van der Waals surface area (Å²) in [5.74, 6) is -1.71. The molecule has 9 nitrogen and oxygen atoms in total. The zero-order chi connectivity index (χ0) is 27.3. The standard InChI is InChI=1S/C28H39FN4O5/c1-3-38-19-18-33(16-5-4-9-21-13-12-20-8-7-15-30-26(20)31-21)17-14-23(28(35)36)32-27(34)25-22(29)10-6-11-24(25)37-2/h6,10-13,23H,3-5,7-9,14-19H2,1-2H3,(H,30,31)(H,32,34)(H,35,36). The number of anilines is 1. The van der Waals surface area contributed by atoms with Crippen LogP contribution in [0.15, 0.2) is 30.3 Å². The minimum Gasteiger partial charge on any atom is -0.496 e. The van der Waals surface area contributed by atoms with Crippen molar-refractivity contribution in [2.75, 3.05) is 51.8 Å². The summed E-state index contributed by atoms with van der Waals surface area (Å²) in [7, 11) is 1.33. The third kappa shape index (κ3) is 8.66. The van der Waals surface area contributed by atoms with Gasteiger partial charge in [0, 0.05) is 31.9 Å². The molecule has 38 heavy (non-hydrogen) atoms. The highest BCUT2D eigenvalue weighted by Gasteiger charge is 2.25. The second-order valence-corrected chi connectivity index (χ2v) is 9.31. The Kier molecular flexibility index (Phi) is 11.8. The summed E-state index contributed by atoms with van der Waals surface area (Å²) in [4.78, 5) is 31.5. The van der Waals surface area contributed by atoms with Gasteiger partial charge in [-0.3, -0.25) is 4.79 Å². The first kappa shape index (κ1) is 29.3. The number of carboxylic acids is 1. The molecule has 1 aromatic heterocycles. The number of aromatic nitrogens is 1. The van der Waals surface area contributed by atoms with E-state index in [0.717, 1.165) is 62.8 Å². The van der Waals surface area contributed by atoms with E-state index in [1.807, 2.05) is 6.92 Å². The van der Waals surface area contributed by atoms with Crippen LogP contribution in [0.4, 0.5) is 10.2 Å². The second kappa shape index (κ2) is 15.2. The molecule has 0 radical (unpaired) electrons. The molecule has 0 bridgehead atoms. The number of halogens is 1. The monoisotopic (exact) mass is 530 g/mol. The predicted molar refractivity (Wildman–Crippen MR) is 143 cm³/mol. The summed E-state index contributed by atoms with van der Waals surface area (Å²) in [6.45, 7) is 5.88. The van der Waals surface area contributed by atoms with Crippen molar-refractivity contribution in [3.05, 3.63) is 53.0 Å². The highest BCUT2D eigenvalue weighted by molar-refractivity contribution is 5.99. The number of aliphatic carboxylic acids is 1. The molecule has 2 heterocycles. The number of hydrogen-bond donors (Lipinski definition) is 3. The number of unbranched alkanes of at least 4 members (excludes halogenated alkanes) is 1. The van der Waals surface area contributed by atoms with Crippen molar-refractivity contribution < 1.29 is 28.6 Å². The molecule has 1 aromatic carbocycles. The average molecular weight is 531 g/mol. The highest BCUT2D eigenvalue weighted by atomic mass is 19.1. The zero-order valence-corrected chi connectivity index (χ0v) is 22.3. The van der Waals surface area contributed by atoms with Crippen molar-refractivity contribution in [1.82, 2.24) is 15.2 Å². The maximum atomic E-state index is 14.3. The van der Waals surface area contributed by atoms with E-state index in [9.17, 15) is 19.1 Å². The van der Waals surface area contributed by atoms with Gasteiger partial charge in [0.05, 0.1) is 13.7 Å². The lowest BCUT2D eigenvalue weighted by Gasteiger charge is -2.24. The van der Waals surface area contributed by atoms with Crippen LogP contribution in [0.5, 0.6) is 5.75 Å². The molecular weight excluding hydrogens is 491 g/mol. The number of rotatable bonds is 16. The van der Waals surface area contributed by atoms with Crippen molar-refractivity contribution in [3.8, 4) is 5.75 Å². The first-order valence-electron chi connectivity index (χ1n) is 13.3. The van der Waals surface area contributed by atoms with Gasteiger partial charge in [0.25, 0.3) is 5.91 Å². The number of fused-ring (bicyclic) bond motifs is 1. The van der Waals surface area contributed by atoms with E-state index in [2.05, 4.69) is 27.7 Å². The molecule has 0 aliphatic carbocycles. The summed E-state index contributed by atoms with van der Waals surface area (Å²) >= 11 is 0. The first-order chi connectivity index (χ1) is 18.4. The van der Waals surface area contributed by atoms with Crippen molar-refractivity contribution in [2.45, 2.75) is 51.5 Å². The predicted octanol–water partition coefficient (Wildman–Crippen LogP) is 3.52. The lowest BCUT2D eigenvalue weighted by molar-refractivity contribution is -0.139. The Hall–Kier alpha value is -3.24. The van der Waals surface area contributed by atoms with Crippen molar-refractivity contribution in [3.63, 3.8) is 0 Å². The summed E-state index contributed by atoms with van der Waals surface area (Å²) in [5, 5.41) is 15.5. The smallest absolute Gasteiger partial charge is 0.326 e. The van der Waals surface area contributed by atoms with E-state index in [-0.39, 0.29) is 17.7 Å². The number of nitrogens with one attached hydrogen (secondary N) is 2. The van der Waals surface area contributed by atoms with E-state index in [0.29, 0.717) is 26.3 Å². The number of ether oxygens (including phenoxy) is 2. The van der Waals surface area contributed by atoms with E-state index >= 15 is 0 Å². The number of carboxylic acid groups (broad SMARTS) is 1.